The number of carbonyl (C=O) groups excluding carboxylic acids is 1. The van der Waals surface area contributed by atoms with Crippen LogP contribution in [0.2, 0.25) is 5.02 Å². The minimum atomic E-state index is -0.110. The molecule has 1 unspecified atom stereocenters. The number of benzene rings is 2. The Morgan fingerprint density at radius 1 is 1.11 bits per heavy atom. The molecule has 0 saturated heterocycles. The maximum atomic E-state index is 13.6. The van der Waals surface area contributed by atoms with Crippen LogP contribution in [0, 0.1) is 11.8 Å². The summed E-state index contributed by atoms with van der Waals surface area (Å²) < 4.78 is 5.88. The number of nitrogens with zero attached hydrogens (tertiary/aromatic N) is 2. The third-order valence-electron chi connectivity index (χ3n) is 6.66. The minimum absolute atomic E-state index is 0.110. The summed E-state index contributed by atoms with van der Waals surface area (Å²) in [6, 6.07) is 12.6. The van der Waals surface area contributed by atoms with Gasteiger partial charge in [-0.05, 0) is 66.4 Å². The van der Waals surface area contributed by atoms with Crippen LogP contribution < -0.4 is 4.74 Å². The van der Waals surface area contributed by atoms with E-state index in [1.165, 1.54) is 16.5 Å². The van der Waals surface area contributed by atoms with Crippen LogP contribution in [0.4, 0.5) is 0 Å². The van der Waals surface area contributed by atoms with Gasteiger partial charge < -0.3 is 19.5 Å². The van der Waals surface area contributed by atoms with Gasteiger partial charge in [0.25, 0.3) is 0 Å². The Balaban J connectivity index is 1.45. The van der Waals surface area contributed by atoms with E-state index in [1.54, 1.807) is 0 Å². The average molecular weight is 496 g/mol. The molecule has 0 saturated carbocycles. The highest BCUT2D eigenvalue weighted by Gasteiger charge is 2.24. The largest absolute Gasteiger partial charge is 0.492 e. The van der Waals surface area contributed by atoms with Gasteiger partial charge in [0.2, 0.25) is 5.91 Å². The van der Waals surface area contributed by atoms with Crippen LogP contribution in [-0.4, -0.2) is 47.4 Å². The van der Waals surface area contributed by atoms with Crippen LogP contribution in [0.25, 0.3) is 10.9 Å². The highest BCUT2D eigenvalue weighted by molar-refractivity contribution is 6.32. The SMILES string of the molecule is CC(C)CN(Cc1cc(Cl)c2c(c1)CCCCO2)C(=O)C(C)CN(C)Cc1cccc2cc[nH]c12. The number of aromatic amines is 1. The van der Waals surface area contributed by atoms with Crippen molar-refractivity contribution in [3.8, 4) is 5.75 Å². The number of halogens is 1. The fourth-order valence-corrected chi connectivity index (χ4v) is 5.45. The van der Waals surface area contributed by atoms with Gasteiger partial charge in [0.15, 0.2) is 0 Å². The Labute approximate surface area is 214 Å². The second-order valence-corrected chi connectivity index (χ2v) is 10.8. The van der Waals surface area contributed by atoms with Crippen LogP contribution in [0.1, 0.15) is 50.3 Å². The maximum absolute atomic E-state index is 13.6. The topological polar surface area (TPSA) is 48.6 Å². The van der Waals surface area contributed by atoms with E-state index >= 15 is 0 Å². The molecule has 0 radical (unpaired) electrons. The normalized spacial score (nSPS) is 14.6. The molecule has 1 aliphatic rings. The number of carbonyl (C=O) groups is 1. The summed E-state index contributed by atoms with van der Waals surface area (Å²) in [6.45, 7) is 9.85. The molecule has 2 aromatic carbocycles. The van der Waals surface area contributed by atoms with Gasteiger partial charge in [0.1, 0.15) is 5.75 Å². The fraction of sp³-hybridized carbons (Fsp3) is 0.483. The number of hydrogen-bond donors (Lipinski definition) is 1. The molecular weight excluding hydrogens is 458 g/mol. The molecule has 4 rings (SSSR count). The monoisotopic (exact) mass is 495 g/mol. The molecule has 1 N–H and O–H groups in total. The van der Waals surface area contributed by atoms with Crippen molar-refractivity contribution in [1.29, 1.82) is 0 Å². The Morgan fingerprint density at radius 2 is 1.94 bits per heavy atom. The van der Waals surface area contributed by atoms with Crippen LogP contribution in [0.5, 0.6) is 5.75 Å². The summed E-state index contributed by atoms with van der Waals surface area (Å²) in [4.78, 5) is 21.2. The molecule has 0 bridgehead atoms. The highest BCUT2D eigenvalue weighted by atomic mass is 35.5. The molecule has 1 atom stereocenters. The number of hydrogen-bond acceptors (Lipinski definition) is 3. The zero-order valence-corrected chi connectivity index (χ0v) is 22.2. The van der Waals surface area contributed by atoms with Crippen molar-refractivity contribution in [2.45, 2.75) is 53.1 Å². The molecule has 2 heterocycles. The molecule has 0 spiro atoms. The smallest absolute Gasteiger partial charge is 0.227 e. The van der Waals surface area contributed by atoms with E-state index in [1.807, 2.05) is 24.1 Å². The first-order chi connectivity index (χ1) is 16.8. The van der Waals surface area contributed by atoms with Gasteiger partial charge in [-0.3, -0.25) is 4.79 Å². The van der Waals surface area contributed by atoms with Crippen molar-refractivity contribution < 1.29 is 9.53 Å². The second-order valence-electron chi connectivity index (χ2n) is 10.4. The predicted octanol–water partition coefficient (Wildman–Crippen LogP) is 6.29. The third kappa shape index (κ3) is 6.39. The highest BCUT2D eigenvalue weighted by Crippen LogP contribution is 2.34. The number of ether oxygens (including phenoxy) is 1. The average Bonchev–Trinajstić information content (AvgIpc) is 3.16. The summed E-state index contributed by atoms with van der Waals surface area (Å²) in [7, 11) is 2.09. The zero-order chi connectivity index (χ0) is 24.9. The van der Waals surface area contributed by atoms with E-state index in [4.69, 9.17) is 16.3 Å². The molecule has 0 aliphatic carbocycles. The van der Waals surface area contributed by atoms with Crippen LogP contribution in [-0.2, 0) is 24.3 Å². The van der Waals surface area contributed by atoms with Crippen LogP contribution in [0.15, 0.2) is 42.6 Å². The number of H-pyrrole nitrogens is 1. The molecule has 35 heavy (non-hydrogen) atoms. The molecule has 5 nitrogen and oxygen atoms in total. The van der Waals surface area contributed by atoms with Crippen molar-refractivity contribution in [1.82, 2.24) is 14.8 Å². The van der Waals surface area contributed by atoms with Gasteiger partial charge in [-0.15, -0.1) is 0 Å². The van der Waals surface area contributed by atoms with E-state index in [9.17, 15) is 4.79 Å². The quantitative estimate of drug-likeness (QED) is 0.379. The maximum Gasteiger partial charge on any atom is 0.227 e. The van der Waals surface area contributed by atoms with Crippen LogP contribution >= 0.6 is 11.6 Å². The van der Waals surface area contributed by atoms with E-state index in [2.05, 4.69) is 61.1 Å². The number of nitrogens with one attached hydrogen (secondary N) is 1. The molecule has 3 aromatic rings. The summed E-state index contributed by atoms with van der Waals surface area (Å²) in [6.07, 6.45) is 5.09. The van der Waals surface area contributed by atoms with Gasteiger partial charge >= 0.3 is 0 Å². The van der Waals surface area contributed by atoms with Gasteiger partial charge in [0.05, 0.1) is 11.6 Å². The van der Waals surface area contributed by atoms with Crippen molar-refractivity contribution in [2.24, 2.45) is 11.8 Å². The molecular formula is C29H38ClN3O2. The molecule has 1 amide bonds. The van der Waals surface area contributed by atoms with Gasteiger partial charge in [-0.2, -0.15) is 0 Å². The predicted molar refractivity (Wildman–Crippen MR) is 144 cm³/mol. The van der Waals surface area contributed by atoms with Gasteiger partial charge in [-0.25, -0.2) is 0 Å². The second kappa shape index (κ2) is 11.5. The van der Waals surface area contributed by atoms with Gasteiger partial charge in [-0.1, -0.05) is 56.6 Å². The number of rotatable bonds is 9. The third-order valence-corrected chi connectivity index (χ3v) is 6.94. The Hall–Kier alpha value is -2.50. The summed E-state index contributed by atoms with van der Waals surface area (Å²) in [5.41, 5.74) is 4.65. The van der Waals surface area contributed by atoms with Crippen molar-refractivity contribution in [3.63, 3.8) is 0 Å². The lowest BCUT2D eigenvalue weighted by molar-refractivity contribution is -0.136. The van der Waals surface area contributed by atoms with Crippen LogP contribution in [0.3, 0.4) is 0 Å². The number of para-hydroxylation sites is 1. The van der Waals surface area contributed by atoms with E-state index in [0.29, 0.717) is 30.6 Å². The zero-order valence-electron chi connectivity index (χ0n) is 21.4. The lowest BCUT2D eigenvalue weighted by Gasteiger charge is -2.30. The summed E-state index contributed by atoms with van der Waals surface area (Å²) in [5.74, 6) is 1.28. The summed E-state index contributed by atoms with van der Waals surface area (Å²) >= 11 is 6.59. The van der Waals surface area contributed by atoms with E-state index < -0.39 is 0 Å². The number of fused-ring (bicyclic) bond motifs is 2. The number of aromatic nitrogens is 1. The Bertz CT molecular complexity index is 1160. The minimum Gasteiger partial charge on any atom is -0.492 e. The molecule has 1 aromatic heterocycles. The molecule has 6 heteroatoms. The number of aryl methyl sites for hydroxylation is 1. The first-order valence-corrected chi connectivity index (χ1v) is 13.2. The van der Waals surface area contributed by atoms with E-state index in [-0.39, 0.29) is 11.8 Å². The van der Waals surface area contributed by atoms with Crippen molar-refractivity contribution in [3.05, 3.63) is 64.3 Å². The fourth-order valence-electron chi connectivity index (χ4n) is 5.13. The Kier molecular flexibility index (Phi) is 8.40. The first-order valence-electron chi connectivity index (χ1n) is 12.8. The van der Waals surface area contributed by atoms with Gasteiger partial charge in [0, 0.05) is 43.8 Å². The summed E-state index contributed by atoms with van der Waals surface area (Å²) in [5, 5.41) is 1.87. The first kappa shape index (κ1) is 25.6. The van der Waals surface area contributed by atoms with E-state index in [0.717, 1.165) is 49.2 Å². The molecule has 188 valence electrons. The molecule has 1 aliphatic heterocycles. The Morgan fingerprint density at radius 3 is 2.74 bits per heavy atom. The van der Waals surface area contributed by atoms with Crippen molar-refractivity contribution in [2.75, 3.05) is 26.7 Å². The number of amides is 1. The lowest BCUT2D eigenvalue weighted by atomic mass is 10.0. The lowest BCUT2D eigenvalue weighted by Crippen LogP contribution is -2.40. The van der Waals surface area contributed by atoms with Crippen molar-refractivity contribution >= 4 is 28.4 Å². The standard InChI is InChI=1S/C29H38ClN3O2/c1-20(2)16-33(18-22-14-24-8-5-6-13-35-28(24)26(30)15-22)29(34)21(3)17-32(4)19-25-10-7-9-23-11-12-31-27(23)25/h7,9-12,14-15,20-21,31H,5-6,8,13,16-19H2,1-4H3. The molecule has 0 fully saturated rings.